The number of nitrogens with two attached hydrogens (primary N) is 1. The van der Waals surface area contributed by atoms with Crippen LogP contribution in [0.3, 0.4) is 0 Å². The molecular weight excluding hydrogens is 366 g/mol. The first kappa shape index (κ1) is 18.2. The topological polar surface area (TPSA) is 158 Å². The summed E-state index contributed by atoms with van der Waals surface area (Å²) in [5.74, 6) is -6.49. The van der Waals surface area contributed by atoms with Crippen LogP contribution >= 0.6 is 0 Å². The number of amides is 1. The van der Waals surface area contributed by atoms with Gasteiger partial charge in [0.15, 0.2) is 11.4 Å². The predicted octanol–water partition coefficient (Wildman–Crippen LogP) is 0.985. The molecule has 28 heavy (non-hydrogen) atoms. The molecule has 4 unspecified atom stereocenters. The Labute approximate surface area is 159 Å². The number of carbonyl (C=O) groups excluding carboxylic acids is 3. The van der Waals surface area contributed by atoms with Crippen molar-refractivity contribution in [3.63, 3.8) is 0 Å². The number of fused-ring (bicyclic) bond motifs is 3. The van der Waals surface area contributed by atoms with Crippen LogP contribution < -0.4 is 5.73 Å². The van der Waals surface area contributed by atoms with Gasteiger partial charge in [-0.3, -0.25) is 14.4 Å². The van der Waals surface area contributed by atoms with E-state index in [9.17, 15) is 34.8 Å². The van der Waals surface area contributed by atoms with Crippen LogP contribution in [0.2, 0.25) is 0 Å². The molecule has 1 amide bonds. The number of hydrogen-bond acceptors (Lipinski definition) is 7. The number of Topliss-reactive ketones (excluding diaryl/α,β-unsaturated/α-hetero) is 2. The van der Waals surface area contributed by atoms with Gasteiger partial charge in [0, 0.05) is 17.9 Å². The quantitative estimate of drug-likeness (QED) is 0.451. The number of aliphatic hydroxyl groups excluding tert-OH is 2. The Morgan fingerprint density at radius 1 is 1.21 bits per heavy atom. The normalized spacial score (nSPS) is 32.0. The highest BCUT2D eigenvalue weighted by atomic mass is 16.3. The molecule has 0 spiro atoms. The molecule has 0 radical (unpaired) electrons. The minimum Gasteiger partial charge on any atom is -0.508 e. The van der Waals surface area contributed by atoms with Crippen molar-refractivity contribution < 1.29 is 34.8 Å². The fourth-order valence-corrected chi connectivity index (χ4v) is 4.87. The average molecular weight is 385 g/mol. The molecule has 8 nitrogen and oxygen atoms in total. The predicted molar refractivity (Wildman–Crippen MR) is 96.1 cm³/mol. The van der Waals surface area contributed by atoms with Crippen LogP contribution in [0.15, 0.2) is 35.1 Å². The third-order valence-electron chi connectivity index (χ3n) is 6.31. The number of phenolic OH excluding ortho intramolecular Hbond substituents is 1. The molecule has 1 saturated carbocycles. The van der Waals surface area contributed by atoms with Gasteiger partial charge in [-0.25, -0.2) is 0 Å². The lowest BCUT2D eigenvalue weighted by atomic mass is 9.57. The maximum absolute atomic E-state index is 13.3. The second kappa shape index (κ2) is 5.68. The molecule has 1 aromatic rings. The minimum absolute atomic E-state index is 0.0992. The number of aromatic hydroxyl groups is 1. The molecule has 3 aliphatic carbocycles. The molecule has 0 aromatic heterocycles. The molecule has 6 N–H and O–H groups in total. The van der Waals surface area contributed by atoms with Gasteiger partial charge in [0.05, 0.1) is 5.56 Å². The lowest BCUT2D eigenvalue weighted by Gasteiger charge is -2.47. The van der Waals surface area contributed by atoms with Crippen molar-refractivity contribution in [3.05, 3.63) is 46.2 Å². The van der Waals surface area contributed by atoms with E-state index in [1.807, 2.05) is 6.92 Å². The smallest absolute Gasteiger partial charge is 0.255 e. The number of ketones is 2. The molecule has 1 aromatic carbocycles. The van der Waals surface area contributed by atoms with E-state index in [0.717, 1.165) is 0 Å². The van der Waals surface area contributed by atoms with Crippen molar-refractivity contribution in [1.82, 2.24) is 0 Å². The van der Waals surface area contributed by atoms with Crippen molar-refractivity contribution in [2.24, 2.45) is 17.6 Å². The molecule has 0 aliphatic heterocycles. The summed E-state index contributed by atoms with van der Waals surface area (Å²) < 4.78 is 0. The van der Waals surface area contributed by atoms with E-state index in [0.29, 0.717) is 5.56 Å². The van der Waals surface area contributed by atoms with E-state index >= 15 is 0 Å². The van der Waals surface area contributed by atoms with Crippen molar-refractivity contribution >= 4 is 23.2 Å². The van der Waals surface area contributed by atoms with E-state index in [2.05, 4.69) is 0 Å². The fourth-order valence-electron chi connectivity index (χ4n) is 4.87. The summed E-state index contributed by atoms with van der Waals surface area (Å²) in [6.07, 6.45) is -0.200. The number of carbonyl (C=O) groups is 3. The molecule has 0 bridgehead atoms. The zero-order valence-electron chi connectivity index (χ0n) is 15.0. The van der Waals surface area contributed by atoms with Gasteiger partial charge in [-0.15, -0.1) is 0 Å². The van der Waals surface area contributed by atoms with Crippen LogP contribution in [0.4, 0.5) is 0 Å². The largest absolute Gasteiger partial charge is 0.508 e. The van der Waals surface area contributed by atoms with Crippen LogP contribution in [-0.2, 0) is 14.4 Å². The summed E-state index contributed by atoms with van der Waals surface area (Å²) in [6, 6.07) is 4.73. The first-order valence-electron chi connectivity index (χ1n) is 8.89. The van der Waals surface area contributed by atoms with E-state index < -0.39 is 52.0 Å². The van der Waals surface area contributed by atoms with Crippen LogP contribution in [0, 0.1) is 11.8 Å². The van der Waals surface area contributed by atoms with Gasteiger partial charge in [-0.1, -0.05) is 19.1 Å². The Morgan fingerprint density at radius 2 is 1.89 bits per heavy atom. The molecular formula is C20H19NO7. The van der Waals surface area contributed by atoms with Crippen LogP contribution in [0.25, 0.3) is 5.76 Å². The zero-order chi connectivity index (χ0) is 20.5. The first-order valence-corrected chi connectivity index (χ1v) is 8.89. The Morgan fingerprint density at radius 3 is 2.54 bits per heavy atom. The molecule has 0 saturated heterocycles. The van der Waals surface area contributed by atoms with Gasteiger partial charge < -0.3 is 26.2 Å². The average Bonchev–Trinajstić information content (AvgIpc) is 2.62. The summed E-state index contributed by atoms with van der Waals surface area (Å²) in [6.45, 7) is 1.82. The van der Waals surface area contributed by atoms with Gasteiger partial charge in [0.2, 0.25) is 5.78 Å². The van der Waals surface area contributed by atoms with E-state index in [-0.39, 0.29) is 35.6 Å². The van der Waals surface area contributed by atoms with Gasteiger partial charge in [-0.05, 0) is 29.9 Å². The maximum Gasteiger partial charge on any atom is 0.255 e. The second-order valence-corrected chi connectivity index (χ2v) is 7.64. The van der Waals surface area contributed by atoms with E-state index in [4.69, 9.17) is 5.73 Å². The van der Waals surface area contributed by atoms with Crippen LogP contribution in [0.1, 0.15) is 36.8 Å². The molecule has 3 aliphatic rings. The summed E-state index contributed by atoms with van der Waals surface area (Å²) in [5.41, 5.74) is 2.43. The van der Waals surface area contributed by atoms with Crippen molar-refractivity contribution in [2.75, 3.05) is 0 Å². The highest BCUT2D eigenvalue weighted by molar-refractivity contribution is 6.22. The number of aliphatic hydroxyl groups is 3. The number of benzene rings is 1. The monoisotopic (exact) mass is 385 g/mol. The van der Waals surface area contributed by atoms with Gasteiger partial charge in [0.1, 0.15) is 22.8 Å². The van der Waals surface area contributed by atoms with Crippen molar-refractivity contribution in [3.8, 4) is 5.75 Å². The molecule has 4 rings (SSSR count). The Kier molecular flexibility index (Phi) is 3.70. The van der Waals surface area contributed by atoms with Crippen molar-refractivity contribution in [1.29, 1.82) is 0 Å². The third-order valence-corrected chi connectivity index (χ3v) is 6.31. The highest BCUT2D eigenvalue weighted by Crippen LogP contribution is 2.55. The molecule has 4 atom stereocenters. The van der Waals surface area contributed by atoms with Crippen LogP contribution in [0.5, 0.6) is 5.75 Å². The Hall–Kier alpha value is -3.13. The number of phenols is 1. The molecule has 8 heteroatoms. The summed E-state index contributed by atoms with van der Waals surface area (Å²) in [5, 5.41) is 42.5. The molecule has 1 fully saturated rings. The highest BCUT2D eigenvalue weighted by Gasteiger charge is 2.61. The number of rotatable bonds is 1. The second-order valence-electron chi connectivity index (χ2n) is 7.64. The van der Waals surface area contributed by atoms with Gasteiger partial charge >= 0.3 is 0 Å². The van der Waals surface area contributed by atoms with Gasteiger partial charge in [0.25, 0.3) is 5.91 Å². The van der Waals surface area contributed by atoms with Gasteiger partial charge in [-0.2, -0.15) is 0 Å². The fraction of sp³-hybridized carbons (Fsp3) is 0.350. The SMILES string of the molecule is CC1c2cccc(O)c2C(O)=C2C(=O)C3(O)C(O)=C(C(N)=O)C(=O)CC3CC21. The summed E-state index contributed by atoms with van der Waals surface area (Å²) in [4.78, 5) is 37.1. The van der Waals surface area contributed by atoms with E-state index in [1.165, 1.54) is 6.07 Å². The lowest BCUT2D eigenvalue weighted by Crippen LogP contribution is -2.58. The van der Waals surface area contributed by atoms with Crippen LogP contribution in [-0.4, -0.2) is 43.5 Å². The number of hydrogen-bond donors (Lipinski definition) is 5. The standard InChI is InChI=1S/C20H19NO7/c1-7-9-3-2-4-11(22)13(9)16(24)14-10(7)5-8-6-12(23)15(19(21)27)18(26)20(8,28)17(14)25/h2-4,7-8,10,22,24,26,28H,5-6H2,1H3,(H2,21,27). The summed E-state index contributed by atoms with van der Waals surface area (Å²) >= 11 is 0. The lowest BCUT2D eigenvalue weighted by molar-refractivity contribution is -0.148. The Bertz CT molecular complexity index is 1020. The van der Waals surface area contributed by atoms with E-state index in [1.54, 1.807) is 12.1 Å². The minimum atomic E-state index is -2.53. The Balaban J connectivity index is 1.97. The number of primary amides is 1. The summed E-state index contributed by atoms with van der Waals surface area (Å²) in [7, 11) is 0. The zero-order valence-corrected chi connectivity index (χ0v) is 15.0. The third kappa shape index (κ3) is 2.06. The molecule has 0 heterocycles. The molecule has 146 valence electrons. The maximum atomic E-state index is 13.3. The van der Waals surface area contributed by atoms with Crippen molar-refractivity contribution in [2.45, 2.75) is 31.3 Å². The first-order chi connectivity index (χ1) is 13.1.